The van der Waals surface area contributed by atoms with Gasteiger partial charge in [-0.2, -0.15) is 0 Å². The van der Waals surface area contributed by atoms with Crippen LogP contribution in [0.25, 0.3) is 10.1 Å². The van der Waals surface area contributed by atoms with E-state index in [0.717, 1.165) is 25.7 Å². The van der Waals surface area contributed by atoms with Crippen molar-refractivity contribution in [1.82, 2.24) is 0 Å². The molecular formula is C32H46O3SSi. The number of hydrogen-bond acceptors (Lipinski definition) is 4. The Hall–Kier alpha value is -1.95. The van der Waals surface area contributed by atoms with Crippen LogP contribution >= 0.6 is 11.3 Å². The van der Waals surface area contributed by atoms with E-state index in [2.05, 4.69) is 96.4 Å². The minimum absolute atomic E-state index is 0.0667. The Balaban J connectivity index is 1.86. The Morgan fingerprint density at radius 2 is 1.95 bits per heavy atom. The van der Waals surface area contributed by atoms with E-state index in [-0.39, 0.29) is 29.1 Å². The standard InChI is InChI=1S/C32H46O3SSi/c1-9-11-12-18-31(33)34-28-21-23(3)25(26(28)15-10-2)19-20-27(35-37(7,8)32(4,5)6)30-22-24-16-13-14-17-29(24)36-30/h9-10,13-14,16-17,19-20,22-23,25-28H,1-2,11-12,15,18,21H2,3-8H3/b20-19+/t23-,25+,26-,27-,28+/m1/s1. The van der Waals surface area contributed by atoms with Gasteiger partial charge in [0.15, 0.2) is 8.32 Å². The smallest absolute Gasteiger partial charge is 0.306 e. The first kappa shape index (κ1) is 29.6. The number of hydrogen-bond donors (Lipinski definition) is 0. The zero-order chi connectivity index (χ0) is 27.2. The molecule has 0 aliphatic heterocycles. The number of rotatable bonds is 12. The van der Waals surface area contributed by atoms with E-state index in [9.17, 15) is 4.79 Å². The quantitative estimate of drug-likeness (QED) is 0.117. The first-order valence-electron chi connectivity index (χ1n) is 13.7. The topological polar surface area (TPSA) is 35.5 Å². The van der Waals surface area contributed by atoms with Crippen LogP contribution in [0.2, 0.25) is 18.1 Å². The van der Waals surface area contributed by atoms with Crippen molar-refractivity contribution in [2.45, 2.75) is 90.1 Å². The summed E-state index contributed by atoms with van der Waals surface area (Å²) in [7, 11) is -2.01. The number of fused-ring (bicyclic) bond motifs is 1. The SMILES string of the molecule is C=CCCCC(=O)O[C@H]1C[C@@H](C)[C@H](/C=C/[C@@H](O[Si](C)(C)C(C)(C)C)c2cc3ccccc3s2)[C@H]1CC=C. The second-order valence-electron chi connectivity index (χ2n) is 12.1. The average Bonchev–Trinajstić information content (AvgIpc) is 3.37. The van der Waals surface area contributed by atoms with Gasteiger partial charge in [0.2, 0.25) is 0 Å². The fourth-order valence-corrected chi connectivity index (χ4v) is 7.37. The normalized spacial score (nSPS) is 23.4. The second-order valence-corrected chi connectivity index (χ2v) is 17.9. The van der Waals surface area contributed by atoms with E-state index in [1.165, 1.54) is 15.0 Å². The Kier molecular flexibility index (Phi) is 10.2. The van der Waals surface area contributed by atoms with Crippen LogP contribution in [0.5, 0.6) is 0 Å². The van der Waals surface area contributed by atoms with Crippen LogP contribution < -0.4 is 0 Å². The molecule has 0 N–H and O–H groups in total. The zero-order valence-electron chi connectivity index (χ0n) is 23.7. The van der Waals surface area contributed by atoms with Gasteiger partial charge in [-0.1, -0.05) is 70.2 Å². The van der Waals surface area contributed by atoms with Gasteiger partial charge in [0, 0.05) is 21.9 Å². The number of allylic oxidation sites excluding steroid dienone is 3. The molecule has 0 unspecified atom stereocenters. The van der Waals surface area contributed by atoms with Crippen LogP contribution in [0, 0.1) is 17.8 Å². The summed E-state index contributed by atoms with van der Waals surface area (Å²) >= 11 is 1.82. The van der Waals surface area contributed by atoms with Gasteiger partial charge in [0.1, 0.15) is 6.10 Å². The third-order valence-corrected chi connectivity index (χ3v) is 13.8. The van der Waals surface area contributed by atoms with Crippen molar-refractivity contribution in [3.63, 3.8) is 0 Å². The number of carbonyl (C=O) groups excluding carboxylic acids is 1. The first-order valence-corrected chi connectivity index (χ1v) is 17.4. The van der Waals surface area contributed by atoms with E-state index in [0.29, 0.717) is 18.3 Å². The van der Waals surface area contributed by atoms with Crippen molar-refractivity contribution < 1.29 is 14.0 Å². The van der Waals surface area contributed by atoms with Crippen molar-refractivity contribution in [3.05, 3.63) is 72.7 Å². The number of carbonyl (C=O) groups is 1. The summed E-state index contributed by atoms with van der Waals surface area (Å²) in [4.78, 5) is 13.8. The molecule has 0 amide bonds. The molecule has 1 heterocycles. The molecule has 3 nitrogen and oxygen atoms in total. The lowest BCUT2D eigenvalue weighted by Gasteiger charge is -2.38. The van der Waals surface area contributed by atoms with Crippen LogP contribution in [0.4, 0.5) is 0 Å². The third-order valence-electron chi connectivity index (χ3n) is 8.20. The number of unbranched alkanes of at least 4 members (excludes halogenated alkanes) is 1. The fourth-order valence-electron chi connectivity index (χ4n) is 5.01. The summed E-state index contributed by atoms with van der Waals surface area (Å²) in [5, 5.41) is 1.38. The molecular weight excluding hydrogens is 493 g/mol. The molecule has 0 bridgehead atoms. The van der Waals surface area contributed by atoms with Gasteiger partial charge >= 0.3 is 5.97 Å². The van der Waals surface area contributed by atoms with Crippen LogP contribution in [0.3, 0.4) is 0 Å². The number of thiophene rings is 1. The van der Waals surface area contributed by atoms with Gasteiger partial charge in [0.05, 0.1) is 6.10 Å². The Morgan fingerprint density at radius 3 is 2.59 bits per heavy atom. The van der Waals surface area contributed by atoms with Gasteiger partial charge in [-0.15, -0.1) is 24.5 Å². The van der Waals surface area contributed by atoms with E-state index < -0.39 is 8.32 Å². The van der Waals surface area contributed by atoms with Gasteiger partial charge in [0.25, 0.3) is 0 Å². The highest BCUT2D eigenvalue weighted by molar-refractivity contribution is 7.19. The molecule has 1 fully saturated rings. The molecule has 1 aliphatic rings. The molecule has 1 aliphatic carbocycles. The van der Waals surface area contributed by atoms with E-state index in [1.54, 1.807) is 0 Å². The van der Waals surface area contributed by atoms with Gasteiger partial charge in [-0.05, 0) is 73.2 Å². The molecule has 3 rings (SSSR count). The summed E-state index contributed by atoms with van der Waals surface area (Å²) < 4.78 is 14.3. The van der Waals surface area contributed by atoms with Crippen LogP contribution in [0.15, 0.2) is 67.8 Å². The maximum atomic E-state index is 12.5. The van der Waals surface area contributed by atoms with E-state index in [1.807, 2.05) is 23.5 Å². The summed E-state index contributed by atoms with van der Waals surface area (Å²) in [5.74, 6) is 0.872. The predicted molar refractivity (Wildman–Crippen MR) is 161 cm³/mol. The monoisotopic (exact) mass is 538 g/mol. The molecule has 1 saturated carbocycles. The van der Waals surface area contributed by atoms with Crippen molar-refractivity contribution >= 4 is 35.7 Å². The Morgan fingerprint density at radius 1 is 1.22 bits per heavy atom. The molecule has 0 spiro atoms. The lowest BCUT2D eigenvalue weighted by molar-refractivity contribution is -0.151. The van der Waals surface area contributed by atoms with Gasteiger partial charge < -0.3 is 9.16 Å². The maximum absolute atomic E-state index is 12.5. The maximum Gasteiger partial charge on any atom is 0.306 e. The molecule has 1 aromatic carbocycles. The number of ether oxygens (including phenoxy) is 1. The molecule has 2 aromatic rings. The highest BCUT2D eigenvalue weighted by Crippen LogP contribution is 2.45. The Bertz CT molecular complexity index is 1060. The third kappa shape index (κ3) is 7.55. The molecule has 5 atom stereocenters. The molecule has 5 heteroatoms. The van der Waals surface area contributed by atoms with Crippen LogP contribution in [-0.2, 0) is 14.0 Å². The lowest BCUT2D eigenvalue weighted by atomic mass is 9.87. The van der Waals surface area contributed by atoms with Crippen LogP contribution in [-0.4, -0.2) is 20.4 Å². The Labute approximate surface area is 229 Å². The van der Waals surface area contributed by atoms with Gasteiger partial charge in [-0.25, -0.2) is 0 Å². The largest absolute Gasteiger partial charge is 0.462 e. The number of benzene rings is 1. The van der Waals surface area contributed by atoms with Crippen molar-refractivity contribution in [1.29, 1.82) is 0 Å². The second kappa shape index (κ2) is 12.7. The highest BCUT2D eigenvalue weighted by Gasteiger charge is 2.42. The zero-order valence-corrected chi connectivity index (χ0v) is 25.5. The molecule has 202 valence electrons. The van der Waals surface area contributed by atoms with Crippen molar-refractivity contribution in [2.24, 2.45) is 17.8 Å². The summed E-state index contributed by atoms with van der Waals surface area (Å²) in [6.45, 7) is 21.5. The predicted octanol–water partition coefficient (Wildman–Crippen LogP) is 9.64. The van der Waals surface area contributed by atoms with E-state index in [4.69, 9.17) is 9.16 Å². The average molecular weight is 539 g/mol. The first-order chi connectivity index (χ1) is 17.5. The fraction of sp³-hybridized carbons (Fsp3) is 0.531. The minimum Gasteiger partial charge on any atom is -0.462 e. The minimum atomic E-state index is -2.01. The summed E-state index contributed by atoms with van der Waals surface area (Å²) in [6, 6.07) is 10.8. The lowest BCUT2D eigenvalue weighted by Crippen LogP contribution is -2.41. The van der Waals surface area contributed by atoms with Crippen LogP contribution in [0.1, 0.15) is 70.8 Å². The summed E-state index contributed by atoms with van der Waals surface area (Å²) in [6.07, 6.45) is 12.1. The van der Waals surface area contributed by atoms with Crippen molar-refractivity contribution in [2.75, 3.05) is 0 Å². The molecule has 0 radical (unpaired) electrons. The molecule has 0 saturated heterocycles. The van der Waals surface area contributed by atoms with E-state index >= 15 is 0 Å². The van der Waals surface area contributed by atoms with Crippen molar-refractivity contribution in [3.8, 4) is 0 Å². The van der Waals surface area contributed by atoms with Gasteiger partial charge in [-0.3, -0.25) is 4.79 Å². The highest BCUT2D eigenvalue weighted by atomic mass is 32.1. The molecule has 37 heavy (non-hydrogen) atoms. The summed E-state index contributed by atoms with van der Waals surface area (Å²) in [5.41, 5.74) is 0. The molecule has 1 aromatic heterocycles. The number of esters is 1.